The van der Waals surface area contributed by atoms with Crippen LogP contribution in [-0.2, 0) is 4.79 Å². The van der Waals surface area contributed by atoms with Crippen LogP contribution in [0.25, 0.3) is 0 Å². The molecule has 4 nitrogen and oxygen atoms in total. The van der Waals surface area contributed by atoms with Gasteiger partial charge in [-0.3, -0.25) is 4.79 Å². The number of amides is 1. The van der Waals surface area contributed by atoms with Crippen LogP contribution in [0.5, 0.6) is 0 Å². The quantitative estimate of drug-likeness (QED) is 0.850. The Morgan fingerprint density at radius 1 is 1.35 bits per heavy atom. The van der Waals surface area contributed by atoms with Crippen LogP contribution in [0.4, 0.5) is 5.69 Å². The fourth-order valence-corrected chi connectivity index (χ4v) is 1.70. The van der Waals surface area contributed by atoms with Crippen molar-refractivity contribution < 1.29 is 4.79 Å². The molecule has 1 N–H and O–H groups in total. The molecular formula is C13H17N3O. The lowest BCUT2D eigenvalue weighted by atomic mass is 10.1. The number of anilines is 1. The van der Waals surface area contributed by atoms with E-state index in [-0.39, 0.29) is 11.6 Å². The van der Waals surface area contributed by atoms with E-state index in [2.05, 4.69) is 21.6 Å². The molecule has 0 saturated carbocycles. The highest BCUT2D eigenvalue weighted by Gasteiger charge is 2.33. The van der Waals surface area contributed by atoms with Crippen molar-refractivity contribution in [1.82, 2.24) is 0 Å². The molecule has 0 spiro atoms. The van der Waals surface area contributed by atoms with E-state index in [1.54, 1.807) is 0 Å². The zero-order valence-corrected chi connectivity index (χ0v) is 10.4. The minimum atomic E-state index is -0.292. The highest BCUT2D eigenvalue weighted by molar-refractivity contribution is 5.91. The normalized spacial score (nSPS) is 15.7. The number of carbonyl (C=O) groups is 1. The highest BCUT2D eigenvalue weighted by atomic mass is 16.1. The van der Waals surface area contributed by atoms with Gasteiger partial charge in [0.25, 0.3) is 0 Å². The van der Waals surface area contributed by atoms with Gasteiger partial charge in [0, 0.05) is 18.5 Å². The number of benzene rings is 1. The molecule has 0 fully saturated rings. The van der Waals surface area contributed by atoms with Crippen LogP contribution in [0.2, 0.25) is 0 Å². The molecule has 0 saturated heterocycles. The molecule has 90 valence electrons. The van der Waals surface area contributed by atoms with Gasteiger partial charge in [-0.05, 0) is 32.4 Å². The first kappa shape index (κ1) is 11.8. The smallest absolute Gasteiger partial charge is 0.224 e. The van der Waals surface area contributed by atoms with Crippen molar-refractivity contribution in [1.29, 1.82) is 0 Å². The van der Waals surface area contributed by atoms with Crippen LogP contribution < -0.4 is 5.32 Å². The molecule has 1 aromatic rings. The van der Waals surface area contributed by atoms with Crippen molar-refractivity contribution in [3.63, 3.8) is 0 Å². The highest BCUT2D eigenvalue weighted by Crippen LogP contribution is 2.32. The molecule has 1 aliphatic rings. The van der Waals surface area contributed by atoms with E-state index in [4.69, 9.17) is 0 Å². The molecule has 0 atom stereocenters. The summed E-state index contributed by atoms with van der Waals surface area (Å²) in [7, 11) is 0. The second kappa shape index (κ2) is 4.28. The van der Waals surface area contributed by atoms with Crippen LogP contribution in [0.1, 0.15) is 30.9 Å². The van der Waals surface area contributed by atoms with Gasteiger partial charge in [0.1, 0.15) is 0 Å². The van der Waals surface area contributed by atoms with Gasteiger partial charge in [-0.25, -0.2) is 0 Å². The molecule has 17 heavy (non-hydrogen) atoms. The molecule has 2 rings (SSSR count). The summed E-state index contributed by atoms with van der Waals surface area (Å²) < 4.78 is 0. The molecule has 0 radical (unpaired) electrons. The van der Waals surface area contributed by atoms with Crippen LogP contribution >= 0.6 is 0 Å². The number of aryl methyl sites for hydroxylation is 2. The lowest BCUT2D eigenvalue weighted by molar-refractivity contribution is -0.116. The van der Waals surface area contributed by atoms with E-state index >= 15 is 0 Å². The number of hydrogen-bond acceptors (Lipinski definition) is 3. The van der Waals surface area contributed by atoms with Crippen molar-refractivity contribution >= 4 is 11.6 Å². The molecule has 0 aromatic heterocycles. The topological polar surface area (TPSA) is 53.8 Å². The van der Waals surface area contributed by atoms with Gasteiger partial charge in [-0.2, -0.15) is 10.2 Å². The Labute approximate surface area is 101 Å². The van der Waals surface area contributed by atoms with E-state index in [0.717, 1.165) is 11.3 Å². The Hall–Kier alpha value is -1.71. The van der Waals surface area contributed by atoms with Crippen LogP contribution in [0.3, 0.4) is 0 Å². The Bertz CT molecular complexity index is 474. The number of rotatable bonds is 4. The van der Waals surface area contributed by atoms with E-state index < -0.39 is 0 Å². The van der Waals surface area contributed by atoms with Crippen LogP contribution in [0.15, 0.2) is 28.4 Å². The summed E-state index contributed by atoms with van der Waals surface area (Å²) in [4.78, 5) is 11.7. The molecule has 0 bridgehead atoms. The zero-order valence-electron chi connectivity index (χ0n) is 10.4. The fourth-order valence-electron chi connectivity index (χ4n) is 1.70. The minimum Gasteiger partial charge on any atom is -0.326 e. The van der Waals surface area contributed by atoms with E-state index in [1.807, 2.05) is 32.9 Å². The number of nitrogens with zero attached hydrogens (tertiary/aromatic N) is 2. The van der Waals surface area contributed by atoms with Gasteiger partial charge in [-0.1, -0.05) is 17.7 Å². The van der Waals surface area contributed by atoms with Crippen molar-refractivity contribution in [2.24, 2.45) is 10.2 Å². The summed E-state index contributed by atoms with van der Waals surface area (Å²) in [6, 6.07) is 5.99. The second-order valence-electron chi connectivity index (χ2n) is 4.78. The maximum Gasteiger partial charge on any atom is 0.224 e. The van der Waals surface area contributed by atoms with Crippen molar-refractivity contribution in [2.45, 2.75) is 39.3 Å². The van der Waals surface area contributed by atoms with Crippen molar-refractivity contribution in [2.75, 3.05) is 5.32 Å². The summed E-state index contributed by atoms with van der Waals surface area (Å²) in [5, 5.41) is 10.7. The molecule has 0 aliphatic carbocycles. The molecule has 1 aliphatic heterocycles. The maximum absolute atomic E-state index is 11.7. The maximum atomic E-state index is 11.7. The first-order chi connectivity index (χ1) is 7.98. The molecule has 0 unspecified atom stereocenters. The zero-order chi connectivity index (χ0) is 12.5. The van der Waals surface area contributed by atoms with Gasteiger partial charge in [0.05, 0.1) is 0 Å². The third-order valence-corrected chi connectivity index (χ3v) is 2.92. The first-order valence-corrected chi connectivity index (χ1v) is 5.80. The minimum absolute atomic E-state index is 0.0236. The van der Waals surface area contributed by atoms with Crippen LogP contribution in [0, 0.1) is 13.8 Å². The van der Waals surface area contributed by atoms with Crippen molar-refractivity contribution in [3.8, 4) is 0 Å². The van der Waals surface area contributed by atoms with E-state index in [1.165, 1.54) is 5.56 Å². The Morgan fingerprint density at radius 2 is 2.06 bits per heavy atom. The summed E-state index contributed by atoms with van der Waals surface area (Å²) in [6.45, 7) is 5.96. The predicted molar refractivity (Wildman–Crippen MR) is 67.0 cm³/mol. The summed E-state index contributed by atoms with van der Waals surface area (Å²) in [5.74, 6) is 0.0236. The molecule has 1 amide bonds. The Morgan fingerprint density at radius 3 is 2.65 bits per heavy atom. The predicted octanol–water partition coefficient (Wildman–Crippen LogP) is 3.20. The summed E-state index contributed by atoms with van der Waals surface area (Å²) in [5.41, 5.74) is 2.88. The largest absolute Gasteiger partial charge is 0.326 e. The summed E-state index contributed by atoms with van der Waals surface area (Å²) >= 11 is 0. The third-order valence-electron chi connectivity index (χ3n) is 2.92. The summed E-state index contributed by atoms with van der Waals surface area (Å²) in [6.07, 6.45) is 1.14. The lowest BCUT2D eigenvalue weighted by Gasteiger charge is -2.09. The monoisotopic (exact) mass is 231 g/mol. The Kier molecular flexibility index (Phi) is 2.96. The number of hydrogen-bond donors (Lipinski definition) is 1. The first-order valence-electron chi connectivity index (χ1n) is 5.80. The average Bonchev–Trinajstić information content (AvgIpc) is 2.99. The fraction of sp³-hybridized carbons (Fsp3) is 0.462. The van der Waals surface area contributed by atoms with E-state index in [9.17, 15) is 4.79 Å². The van der Waals surface area contributed by atoms with Crippen molar-refractivity contribution in [3.05, 3.63) is 29.3 Å². The standard InChI is InChI=1S/C13H17N3O/c1-9-4-5-11(10(2)8-9)14-12(17)6-7-13(3)15-16-13/h4-5,8H,6-7H2,1-3H3,(H,14,17). The molecular weight excluding hydrogens is 214 g/mol. The SMILES string of the molecule is Cc1ccc(NC(=O)CCC2(C)N=N2)c(C)c1. The second-order valence-corrected chi connectivity index (χ2v) is 4.78. The van der Waals surface area contributed by atoms with Gasteiger partial charge >= 0.3 is 0 Å². The van der Waals surface area contributed by atoms with E-state index in [0.29, 0.717) is 12.8 Å². The molecule has 1 heterocycles. The van der Waals surface area contributed by atoms with Gasteiger partial charge in [0.2, 0.25) is 5.91 Å². The van der Waals surface area contributed by atoms with Gasteiger partial charge in [-0.15, -0.1) is 0 Å². The third kappa shape index (κ3) is 3.12. The lowest BCUT2D eigenvalue weighted by Crippen LogP contribution is -2.15. The Balaban J connectivity index is 1.89. The molecule has 4 heteroatoms. The van der Waals surface area contributed by atoms with Gasteiger partial charge in [0.15, 0.2) is 5.66 Å². The van der Waals surface area contributed by atoms with Gasteiger partial charge < -0.3 is 5.32 Å². The average molecular weight is 231 g/mol. The van der Waals surface area contributed by atoms with Crippen LogP contribution in [-0.4, -0.2) is 11.6 Å². The number of nitrogens with one attached hydrogen (secondary N) is 1. The number of carbonyl (C=O) groups excluding carboxylic acids is 1. The molecule has 1 aromatic carbocycles.